The summed E-state index contributed by atoms with van der Waals surface area (Å²) >= 11 is 0. The molecule has 0 radical (unpaired) electrons. The van der Waals surface area contributed by atoms with E-state index >= 15 is 0 Å². The Bertz CT molecular complexity index is 1400. The fourth-order valence-corrected chi connectivity index (χ4v) is 5.32. The molecular formula is C27H28N6O3. The van der Waals surface area contributed by atoms with E-state index in [0.717, 1.165) is 54.7 Å². The van der Waals surface area contributed by atoms with Crippen LogP contribution in [0.4, 0.5) is 5.82 Å². The molecule has 4 aromatic rings. The summed E-state index contributed by atoms with van der Waals surface area (Å²) in [5.74, 6) is 0.532. The number of carbonyl (C=O) groups is 2. The molecule has 1 aromatic carbocycles. The van der Waals surface area contributed by atoms with Crippen molar-refractivity contribution in [3.63, 3.8) is 0 Å². The minimum absolute atomic E-state index is 0.00754. The second-order valence-corrected chi connectivity index (χ2v) is 9.65. The lowest BCUT2D eigenvalue weighted by Crippen LogP contribution is -2.48. The second kappa shape index (κ2) is 8.89. The van der Waals surface area contributed by atoms with E-state index in [-0.39, 0.29) is 11.8 Å². The van der Waals surface area contributed by atoms with Gasteiger partial charge < -0.3 is 4.74 Å². The first kappa shape index (κ1) is 22.5. The van der Waals surface area contributed by atoms with Gasteiger partial charge in [-0.2, -0.15) is 5.10 Å². The molecule has 1 fully saturated rings. The van der Waals surface area contributed by atoms with Crippen LogP contribution in [0.25, 0.3) is 22.6 Å². The van der Waals surface area contributed by atoms with Crippen LogP contribution in [0, 0.1) is 11.8 Å². The van der Waals surface area contributed by atoms with Crippen LogP contribution in [-0.2, 0) is 9.53 Å². The van der Waals surface area contributed by atoms with Gasteiger partial charge in [0.05, 0.1) is 11.4 Å². The highest BCUT2D eigenvalue weighted by Crippen LogP contribution is 2.36. The number of rotatable bonds is 4. The maximum atomic E-state index is 13.5. The summed E-state index contributed by atoms with van der Waals surface area (Å²) in [7, 11) is 0. The van der Waals surface area contributed by atoms with Crippen LogP contribution in [0.15, 0.2) is 55.0 Å². The van der Waals surface area contributed by atoms with E-state index in [0.29, 0.717) is 17.3 Å². The topological polar surface area (TPSA) is 94.6 Å². The van der Waals surface area contributed by atoms with Crippen molar-refractivity contribution in [2.75, 3.05) is 4.90 Å². The van der Waals surface area contributed by atoms with Gasteiger partial charge in [-0.15, -0.1) is 5.10 Å². The molecule has 0 spiro atoms. The van der Waals surface area contributed by atoms with Crippen LogP contribution in [-0.4, -0.2) is 42.5 Å². The first-order chi connectivity index (χ1) is 17.5. The van der Waals surface area contributed by atoms with E-state index in [1.807, 2.05) is 42.6 Å². The fourth-order valence-electron chi connectivity index (χ4n) is 5.32. The van der Waals surface area contributed by atoms with Crippen molar-refractivity contribution in [1.82, 2.24) is 24.4 Å². The maximum absolute atomic E-state index is 13.5. The van der Waals surface area contributed by atoms with Gasteiger partial charge in [0.2, 0.25) is 5.91 Å². The highest BCUT2D eigenvalue weighted by Gasteiger charge is 2.40. The Hall–Kier alpha value is -4.01. The number of hydrogen-bond donors (Lipinski definition) is 0. The summed E-state index contributed by atoms with van der Waals surface area (Å²) in [6, 6.07) is 11.5. The van der Waals surface area contributed by atoms with Crippen molar-refractivity contribution >= 4 is 23.3 Å². The molecular weight excluding hydrogens is 456 g/mol. The predicted molar refractivity (Wildman–Crippen MR) is 134 cm³/mol. The minimum Gasteiger partial charge on any atom is -0.438 e. The Labute approximate surface area is 208 Å². The molecule has 3 aromatic heterocycles. The Morgan fingerprint density at radius 3 is 2.61 bits per heavy atom. The van der Waals surface area contributed by atoms with Crippen molar-refractivity contribution in [1.29, 1.82) is 0 Å². The molecule has 184 valence electrons. The van der Waals surface area contributed by atoms with E-state index in [1.54, 1.807) is 33.4 Å². The van der Waals surface area contributed by atoms with E-state index < -0.39 is 12.2 Å². The van der Waals surface area contributed by atoms with Crippen LogP contribution < -0.4 is 4.90 Å². The normalized spacial score (nSPS) is 21.9. The zero-order valence-corrected chi connectivity index (χ0v) is 20.4. The molecule has 0 bridgehead atoms. The Balaban J connectivity index is 1.28. The molecule has 6 rings (SSSR count). The van der Waals surface area contributed by atoms with Gasteiger partial charge in [0.1, 0.15) is 5.56 Å². The van der Waals surface area contributed by atoms with E-state index in [2.05, 4.69) is 22.1 Å². The number of fused-ring (bicyclic) bond motifs is 2. The SMILES string of the molecule is CCC1CCC(C(=O)N2c3nn(-c4ccc(-c5cc6ncccn6n5)cc4)cc3C(=O)OC2C)CC1. The van der Waals surface area contributed by atoms with Gasteiger partial charge in [0.25, 0.3) is 0 Å². The van der Waals surface area contributed by atoms with Crippen molar-refractivity contribution in [2.24, 2.45) is 11.8 Å². The van der Waals surface area contributed by atoms with E-state index in [9.17, 15) is 9.59 Å². The van der Waals surface area contributed by atoms with Gasteiger partial charge in [-0.25, -0.2) is 19.0 Å². The number of esters is 1. The van der Waals surface area contributed by atoms with Crippen LogP contribution in [0.2, 0.25) is 0 Å². The third kappa shape index (κ3) is 3.84. The molecule has 36 heavy (non-hydrogen) atoms. The number of carbonyl (C=O) groups excluding carboxylic acids is 2. The number of cyclic esters (lactones) is 1. The molecule has 1 unspecified atom stereocenters. The third-order valence-corrected chi connectivity index (χ3v) is 7.46. The van der Waals surface area contributed by atoms with E-state index in [4.69, 9.17) is 4.74 Å². The number of ether oxygens (including phenoxy) is 1. The summed E-state index contributed by atoms with van der Waals surface area (Å²) in [5, 5.41) is 9.25. The Kier molecular flexibility index (Phi) is 5.55. The third-order valence-electron chi connectivity index (χ3n) is 7.46. The highest BCUT2D eigenvalue weighted by molar-refractivity contribution is 6.04. The zero-order valence-electron chi connectivity index (χ0n) is 20.4. The number of anilines is 1. The molecule has 1 aliphatic heterocycles. The van der Waals surface area contributed by atoms with Crippen LogP contribution in [0.1, 0.15) is 56.3 Å². The molecule has 4 heterocycles. The summed E-state index contributed by atoms with van der Waals surface area (Å²) < 4.78 is 8.90. The molecule has 2 aliphatic rings. The van der Waals surface area contributed by atoms with Gasteiger partial charge in [-0.1, -0.05) is 25.5 Å². The van der Waals surface area contributed by atoms with Gasteiger partial charge in [-0.05, 0) is 56.7 Å². The summed E-state index contributed by atoms with van der Waals surface area (Å²) in [6.07, 6.45) is 9.55. The molecule has 1 aliphatic carbocycles. The molecule has 1 saturated carbocycles. The summed E-state index contributed by atoms with van der Waals surface area (Å²) in [5.41, 5.74) is 3.60. The largest absolute Gasteiger partial charge is 0.438 e. The lowest BCUT2D eigenvalue weighted by atomic mass is 9.80. The molecule has 1 atom stereocenters. The number of benzene rings is 1. The number of aromatic nitrogens is 5. The summed E-state index contributed by atoms with van der Waals surface area (Å²) in [4.78, 5) is 32.1. The van der Waals surface area contributed by atoms with Crippen LogP contribution in [0.5, 0.6) is 0 Å². The second-order valence-electron chi connectivity index (χ2n) is 9.65. The van der Waals surface area contributed by atoms with Crippen molar-refractivity contribution < 1.29 is 14.3 Å². The average molecular weight is 485 g/mol. The molecule has 9 nitrogen and oxygen atoms in total. The van der Waals surface area contributed by atoms with Crippen molar-refractivity contribution in [2.45, 2.75) is 52.2 Å². The molecule has 0 saturated heterocycles. The minimum atomic E-state index is -0.684. The first-order valence-electron chi connectivity index (χ1n) is 12.6. The highest BCUT2D eigenvalue weighted by atomic mass is 16.6. The standard InChI is InChI=1S/C27H28N6O3/c1-3-18-5-7-20(8-6-18)26(34)33-17(2)36-27(35)22-16-32(30-25(22)33)21-11-9-19(10-12-21)23-15-24-28-13-4-14-31(24)29-23/h4,9-18,20H,3,5-8H2,1-2H3. The monoisotopic (exact) mass is 484 g/mol. The van der Waals surface area contributed by atoms with Gasteiger partial charge in [0, 0.05) is 36.1 Å². The van der Waals surface area contributed by atoms with Crippen molar-refractivity contribution in [3.05, 3.63) is 60.6 Å². The van der Waals surface area contributed by atoms with Crippen LogP contribution >= 0.6 is 0 Å². The zero-order chi connectivity index (χ0) is 24.8. The summed E-state index contributed by atoms with van der Waals surface area (Å²) in [6.45, 7) is 3.94. The lowest BCUT2D eigenvalue weighted by Gasteiger charge is -2.35. The van der Waals surface area contributed by atoms with E-state index in [1.165, 1.54) is 0 Å². The van der Waals surface area contributed by atoms with Crippen molar-refractivity contribution in [3.8, 4) is 16.9 Å². The smallest absolute Gasteiger partial charge is 0.345 e. The quantitative estimate of drug-likeness (QED) is 0.392. The number of nitrogens with zero attached hydrogens (tertiary/aromatic N) is 6. The predicted octanol–water partition coefficient (Wildman–Crippen LogP) is 4.65. The maximum Gasteiger partial charge on any atom is 0.345 e. The average Bonchev–Trinajstić information content (AvgIpc) is 3.54. The number of hydrogen-bond acceptors (Lipinski definition) is 6. The lowest BCUT2D eigenvalue weighted by molar-refractivity contribution is -0.125. The molecule has 1 amide bonds. The molecule has 9 heteroatoms. The van der Waals surface area contributed by atoms with Gasteiger partial charge >= 0.3 is 5.97 Å². The van der Waals surface area contributed by atoms with Gasteiger partial charge in [-0.3, -0.25) is 9.69 Å². The number of amides is 1. The van der Waals surface area contributed by atoms with Gasteiger partial charge in [0.15, 0.2) is 17.7 Å². The molecule has 0 N–H and O–H groups in total. The fraction of sp³-hybridized carbons (Fsp3) is 0.370. The van der Waals surface area contributed by atoms with Crippen LogP contribution in [0.3, 0.4) is 0 Å². The Morgan fingerprint density at radius 2 is 1.89 bits per heavy atom. The first-order valence-corrected chi connectivity index (χ1v) is 12.6. The Morgan fingerprint density at radius 1 is 1.11 bits per heavy atom.